The van der Waals surface area contributed by atoms with Crippen LogP contribution in [0.2, 0.25) is 0 Å². The van der Waals surface area contributed by atoms with Crippen LogP contribution in [0.5, 0.6) is 5.75 Å². The van der Waals surface area contributed by atoms with Crippen LogP contribution < -0.4 is 10.5 Å². The molecule has 88 valence electrons. The lowest BCUT2D eigenvalue weighted by Crippen LogP contribution is -1.95. The van der Waals surface area contributed by atoms with Crippen LogP contribution in [-0.4, -0.2) is 7.11 Å². The summed E-state index contributed by atoms with van der Waals surface area (Å²) >= 11 is 0. The molecule has 0 saturated carbocycles. The molecule has 2 N–H and O–H groups in total. The second kappa shape index (κ2) is 4.50. The van der Waals surface area contributed by atoms with Crippen molar-refractivity contribution in [2.75, 3.05) is 12.8 Å². The summed E-state index contributed by atoms with van der Waals surface area (Å²) in [6.07, 6.45) is 0. The molecular formula is C15H17NO. The molecule has 0 fully saturated rings. The Balaban J connectivity index is 2.62. The van der Waals surface area contributed by atoms with Crippen LogP contribution >= 0.6 is 0 Å². The number of ether oxygens (including phenoxy) is 1. The highest BCUT2D eigenvalue weighted by Crippen LogP contribution is 2.33. The first-order chi connectivity index (χ1) is 8.15. The standard InChI is InChI=1S/C15H17NO/c1-10-11(2)15(17-3)9-8-12(10)13-6-4-5-7-14(13)16/h4-9H,16H2,1-3H3. The summed E-state index contributed by atoms with van der Waals surface area (Å²) in [6, 6.07) is 12.0. The zero-order chi connectivity index (χ0) is 12.4. The zero-order valence-electron chi connectivity index (χ0n) is 10.4. The molecule has 2 nitrogen and oxygen atoms in total. The van der Waals surface area contributed by atoms with Gasteiger partial charge in [-0.2, -0.15) is 0 Å². The lowest BCUT2D eigenvalue weighted by Gasteiger charge is -2.14. The van der Waals surface area contributed by atoms with Crippen molar-refractivity contribution in [2.24, 2.45) is 0 Å². The maximum absolute atomic E-state index is 6.01. The molecule has 0 spiro atoms. The van der Waals surface area contributed by atoms with Crippen LogP contribution in [0.15, 0.2) is 36.4 Å². The van der Waals surface area contributed by atoms with Gasteiger partial charge in [0.15, 0.2) is 0 Å². The zero-order valence-corrected chi connectivity index (χ0v) is 10.4. The normalized spacial score (nSPS) is 10.3. The van der Waals surface area contributed by atoms with Crippen molar-refractivity contribution < 1.29 is 4.74 Å². The first-order valence-corrected chi connectivity index (χ1v) is 5.64. The molecule has 0 heterocycles. The minimum atomic E-state index is 0.806. The van der Waals surface area contributed by atoms with Crippen LogP contribution in [0.1, 0.15) is 11.1 Å². The molecule has 0 atom stereocenters. The molecule has 0 unspecified atom stereocenters. The number of nitrogen functional groups attached to an aromatic ring is 1. The van der Waals surface area contributed by atoms with Crippen LogP contribution in [-0.2, 0) is 0 Å². The number of hydrogen-bond donors (Lipinski definition) is 1. The highest BCUT2D eigenvalue weighted by atomic mass is 16.5. The Bertz CT molecular complexity index is 547. The van der Waals surface area contributed by atoms with E-state index in [4.69, 9.17) is 10.5 Å². The van der Waals surface area contributed by atoms with Gasteiger partial charge in [0.2, 0.25) is 0 Å². The van der Waals surface area contributed by atoms with Crippen molar-refractivity contribution in [1.82, 2.24) is 0 Å². The molecule has 0 aliphatic heterocycles. The fraction of sp³-hybridized carbons (Fsp3) is 0.200. The summed E-state index contributed by atoms with van der Waals surface area (Å²) in [6.45, 7) is 4.16. The van der Waals surface area contributed by atoms with Crippen molar-refractivity contribution in [3.05, 3.63) is 47.5 Å². The maximum Gasteiger partial charge on any atom is 0.122 e. The summed E-state index contributed by atoms with van der Waals surface area (Å²) in [4.78, 5) is 0. The SMILES string of the molecule is COc1ccc(-c2ccccc2N)c(C)c1C. The molecular weight excluding hydrogens is 210 g/mol. The molecule has 0 radical (unpaired) electrons. The summed E-state index contributed by atoms with van der Waals surface area (Å²) < 4.78 is 5.32. The van der Waals surface area contributed by atoms with Gasteiger partial charge in [0.25, 0.3) is 0 Å². The molecule has 0 aliphatic rings. The first kappa shape index (κ1) is 11.5. The van der Waals surface area contributed by atoms with Gasteiger partial charge in [0.1, 0.15) is 5.75 Å². The summed E-state index contributed by atoms with van der Waals surface area (Å²) in [5.41, 5.74) is 11.4. The molecule has 0 bridgehead atoms. The van der Waals surface area contributed by atoms with E-state index in [0.29, 0.717) is 0 Å². The fourth-order valence-electron chi connectivity index (χ4n) is 2.05. The number of methoxy groups -OCH3 is 1. The fourth-order valence-corrected chi connectivity index (χ4v) is 2.05. The number of para-hydroxylation sites is 1. The average Bonchev–Trinajstić information content (AvgIpc) is 2.34. The summed E-state index contributed by atoms with van der Waals surface area (Å²) in [5, 5.41) is 0. The van der Waals surface area contributed by atoms with Gasteiger partial charge in [-0.05, 0) is 42.7 Å². The Morgan fingerprint density at radius 1 is 0.882 bits per heavy atom. The van der Waals surface area contributed by atoms with Crippen molar-refractivity contribution in [2.45, 2.75) is 13.8 Å². The Morgan fingerprint density at radius 2 is 1.59 bits per heavy atom. The predicted molar refractivity (Wildman–Crippen MR) is 72.3 cm³/mol. The van der Waals surface area contributed by atoms with Crippen molar-refractivity contribution >= 4 is 5.69 Å². The van der Waals surface area contributed by atoms with Crippen LogP contribution in [0.4, 0.5) is 5.69 Å². The topological polar surface area (TPSA) is 35.2 Å². The van der Waals surface area contributed by atoms with Gasteiger partial charge in [-0.3, -0.25) is 0 Å². The molecule has 2 aromatic rings. The van der Waals surface area contributed by atoms with E-state index in [0.717, 1.165) is 22.6 Å². The predicted octanol–water partition coefficient (Wildman–Crippen LogP) is 3.56. The molecule has 0 aliphatic carbocycles. The molecule has 0 amide bonds. The third-order valence-corrected chi connectivity index (χ3v) is 3.21. The van der Waals surface area contributed by atoms with Crippen LogP contribution in [0.25, 0.3) is 11.1 Å². The third kappa shape index (κ3) is 1.98. The highest BCUT2D eigenvalue weighted by Gasteiger charge is 2.09. The second-order valence-corrected chi connectivity index (χ2v) is 4.15. The molecule has 2 aromatic carbocycles. The summed E-state index contributed by atoms with van der Waals surface area (Å²) in [7, 11) is 1.69. The number of anilines is 1. The molecule has 0 aromatic heterocycles. The van der Waals surface area contributed by atoms with E-state index in [9.17, 15) is 0 Å². The lowest BCUT2D eigenvalue weighted by molar-refractivity contribution is 0.411. The molecule has 2 rings (SSSR count). The maximum atomic E-state index is 6.01. The molecule has 2 heteroatoms. The Hall–Kier alpha value is -1.96. The molecule has 0 saturated heterocycles. The van der Waals surface area contributed by atoms with Gasteiger partial charge < -0.3 is 10.5 Å². The van der Waals surface area contributed by atoms with Gasteiger partial charge in [-0.15, -0.1) is 0 Å². The minimum Gasteiger partial charge on any atom is -0.496 e. The minimum absolute atomic E-state index is 0.806. The van der Waals surface area contributed by atoms with E-state index in [-0.39, 0.29) is 0 Å². The lowest BCUT2D eigenvalue weighted by atomic mass is 9.95. The number of nitrogens with two attached hydrogens (primary N) is 1. The Labute approximate surface area is 102 Å². The van der Waals surface area contributed by atoms with Gasteiger partial charge in [-0.1, -0.05) is 24.3 Å². The second-order valence-electron chi connectivity index (χ2n) is 4.15. The van der Waals surface area contributed by atoms with Crippen molar-refractivity contribution in [1.29, 1.82) is 0 Å². The monoisotopic (exact) mass is 227 g/mol. The van der Waals surface area contributed by atoms with Gasteiger partial charge in [-0.25, -0.2) is 0 Å². The van der Waals surface area contributed by atoms with Crippen LogP contribution in [0, 0.1) is 13.8 Å². The number of rotatable bonds is 2. The highest BCUT2D eigenvalue weighted by molar-refractivity contribution is 5.79. The Kier molecular flexibility index (Phi) is 3.05. The average molecular weight is 227 g/mol. The first-order valence-electron chi connectivity index (χ1n) is 5.64. The van der Waals surface area contributed by atoms with Gasteiger partial charge >= 0.3 is 0 Å². The number of hydrogen-bond acceptors (Lipinski definition) is 2. The largest absolute Gasteiger partial charge is 0.496 e. The van der Waals surface area contributed by atoms with Crippen molar-refractivity contribution in [3.8, 4) is 16.9 Å². The van der Waals surface area contributed by atoms with Crippen molar-refractivity contribution in [3.63, 3.8) is 0 Å². The smallest absolute Gasteiger partial charge is 0.122 e. The Morgan fingerprint density at radius 3 is 2.24 bits per heavy atom. The van der Waals surface area contributed by atoms with E-state index in [1.165, 1.54) is 11.1 Å². The van der Waals surface area contributed by atoms with Gasteiger partial charge in [0, 0.05) is 11.3 Å². The van der Waals surface area contributed by atoms with Crippen LogP contribution in [0.3, 0.4) is 0 Å². The van der Waals surface area contributed by atoms with E-state index in [1.807, 2.05) is 30.3 Å². The van der Waals surface area contributed by atoms with E-state index in [1.54, 1.807) is 7.11 Å². The number of benzene rings is 2. The van der Waals surface area contributed by atoms with Gasteiger partial charge in [0.05, 0.1) is 7.11 Å². The van der Waals surface area contributed by atoms with E-state index < -0.39 is 0 Å². The third-order valence-electron chi connectivity index (χ3n) is 3.21. The molecule has 17 heavy (non-hydrogen) atoms. The quantitative estimate of drug-likeness (QED) is 0.796. The van der Waals surface area contributed by atoms with E-state index in [2.05, 4.69) is 19.9 Å². The van der Waals surface area contributed by atoms with E-state index >= 15 is 0 Å². The summed E-state index contributed by atoms with van der Waals surface area (Å²) in [5.74, 6) is 0.917.